The topological polar surface area (TPSA) is 39.2 Å². The molecule has 0 N–H and O–H groups in total. The van der Waals surface area contributed by atoms with Crippen LogP contribution in [0.4, 0.5) is 0 Å². The molecule has 1 aromatic heterocycles. The Kier molecular flexibility index (Phi) is 5.67. The zero-order valence-corrected chi connectivity index (χ0v) is 10.9. The molecule has 0 saturated carbocycles. The fourth-order valence-corrected chi connectivity index (χ4v) is 1.57. The molecule has 0 bridgehead atoms. The van der Waals surface area contributed by atoms with Gasteiger partial charge in [-0.3, -0.25) is 9.78 Å². The van der Waals surface area contributed by atoms with E-state index < -0.39 is 0 Å². The summed E-state index contributed by atoms with van der Waals surface area (Å²) < 4.78 is 5.14. The highest BCUT2D eigenvalue weighted by Gasteiger charge is 2.05. The fourth-order valence-electron chi connectivity index (χ4n) is 1.57. The van der Waals surface area contributed by atoms with Gasteiger partial charge in [-0.15, -0.1) is 0 Å². The lowest BCUT2D eigenvalue weighted by Gasteiger charge is -2.06. The van der Waals surface area contributed by atoms with Gasteiger partial charge in [0.25, 0.3) is 0 Å². The van der Waals surface area contributed by atoms with Crippen molar-refractivity contribution in [1.29, 1.82) is 0 Å². The lowest BCUT2D eigenvalue weighted by molar-refractivity contribution is -0.144. The maximum Gasteiger partial charge on any atom is 0.306 e. The molecule has 94 valence electrons. The van der Waals surface area contributed by atoms with Gasteiger partial charge in [0, 0.05) is 17.8 Å². The number of hydrogen-bond donors (Lipinski definition) is 0. The molecular formula is C14H21NO2. The van der Waals surface area contributed by atoms with E-state index in [9.17, 15) is 4.79 Å². The summed E-state index contributed by atoms with van der Waals surface area (Å²) in [6, 6.07) is 5.98. The molecule has 0 aliphatic heterocycles. The number of carbonyl (C=O) groups is 1. The van der Waals surface area contributed by atoms with Gasteiger partial charge in [0.2, 0.25) is 0 Å². The summed E-state index contributed by atoms with van der Waals surface area (Å²) in [5, 5.41) is 0. The third-order valence-corrected chi connectivity index (χ3v) is 2.36. The predicted octanol–water partition coefficient (Wildman–Crippen LogP) is 2.91. The van der Waals surface area contributed by atoms with Crippen LogP contribution >= 0.6 is 0 Å². The first-order valence-corrected chi connectivity index (χ1v) is 6.16. The van der Waals surface area contributed by atoms with Crippen LogP contribution in [0.5, 0.6) is 0 Å². The maximum absolute atomic E-state index is 11.3. The molecule has 3 nitrogen and oxygen atoms in total. The minimum atomic E-state index is -0.0998. The molecule has 3 heteroatoms. The van der Waals surface area contributed by atoms with E-state index in [1.165, 1.54) is 0 Å². The summed E-state index contributed by atoms with van der Waals surface area (Å²) in [5.74, 6) is 0.262. The average Bonchev–Trinajstić information content (AvgIpc) is 2.23. The molecule has 0 spiro atoms. The second-order valence-electron chi connectivity index (χ2n) is 4.69. The SMILES string of the molecule is Cc1cccc(CCCOC(=O)CC(C)C)n1. The molecule has 17 heavy (non-hydrogen) atoms. The normalized spacial score (nSPS) is 10.6. The van der Waals surface area contributed by atoms with E-state index in [4.69, 9.17) is 4.74 Å². The molecule has 1 heterocycles. The highest BCUT2D eigenvalue weighted by Crippen LogP contribution is 2.04. The molecule has 0 aromatic carbocycles. The van der Waals surface area contributed by atoms with Crippen molar-refractivity contribution in [2.24, 2.45) is 5.92 Å². The quantitative estimate of drug-likeness (QED) is 0.562. The van der Waals surface area contributed by atoms with E-state index in [1.54, 1.807) is 0 Å². The monoisotopic (exact) mass is 235 g/mol. The number of rotatable bonds is 6. The number of aryl methyl sites for hydroxylation is 2. The van der Waals surface area contributed by atoms with E-state index in [0.29, 0.717) is 18.9 Å². The highest BCUT2D eigenvalue weighted by molar-refractivity contribution is 5.69. The Balaban J connectivity index is 2.18. The van der Waals surface area contributed by atoms with Gasteiger partial charge < -0.3 is 4.74 Å². The van der Waals surface area contributed by atoms with Gasteiger partial charge in [-0.1, -0.05) is 19.9 Å². The average molecular weight is 235 g/mol. The smallest absolute Gasteiger partial charge is 0.306 e. The van der Waals surface area contributed by atoms with Crippen LogP contribution in [0.3, 0.4) is 0 Å². The third kappa shape index (κ3) is 6.05. The molecule has 0 radical (unpaired) electrons. The Labute approximate surface area is 103 Å². The number of carbonyl (C=O) groups excluding carboxylic acids is 1. The second kappa shape index (κ2) is 7.05. The molecule has 1 aromatic rings. The maximum atomic E-state index is 11.3. The fraction of sp³-hybridized carbons (Fsp3) is 0.571. The van der Waals surface area contributed by atoms with E-state index in [2.05, 4.69) is 4.98 Å². The number of pyridine rings is 1. The van der Waals surface area contributed by atoms with Crippen LogP contribution in [0.2, 0.25) is 0 Å². The summed E-state index contributed by atoms with van der Waals surface area (Å²) in [6.07, 6.45) is 2.19. The number of esters is 1. The van der Waals surface area contributed by atoms with Crippen LogP contribution < -0.4 is 0 Å². The van der Waals surface area contributed by atoms with E-state index >= 15 is 0 Å². The van der Waals surface area contributed by atoms with Gasteiger partial charge >= 0.3 is 5.97 Å². The Morgan fingerprint density at radius 3 is 2.82 bits per heavy atom. The van der Waals surface area contributed by atoms with Crippen LogP contribution in [-0.4, -0.2) is 17.6 Å². The van der Waals surface area contributed by atoms with Crippen molar-refractivity contribution in [2.45, 2.75) is 40.0 Å². The van der Waals surface area contributed by atoms with Gasteiger partial charge in [-0.25, -0.2) is 0 Å². The molecule has 0 fully saturated rings. The number of hydrogen-bond acceptors (Lipinski definition) is 3. The van der Waals surface area contributed by atoms with Gasteiger partial charge in [0.1, 0.15) is 0 Å². The number of aromatic nitrogens is 1. The van der Waals surface area contributed by atoms with Crippen LogP contribution in [0.15, 0.2) is 18.2 Å². The largest absolute Gasteiger partial charge is 0.466 e. The standard InChI is InChI=1S/C14H21NO2/c1-11(2)10-14(16)17-9-5-8-13-7-4-6-12(3)15-13/h4,6-7,11H,5,8-10H2,1-3H3. The van der Waals surface area contributed by atoms with Crippen molar-refractivity contribution in [2.75, 3.05) is 6.61 Å². The van der Waals surface area contributed by atoms with Crippen LogP contribution in [0.25, 0.3) is 0 Å². The molecule has 0 atom stereocenters. The zero-order chi connectivity index (χ0) is 12.7. The van der Waals surface area contributed by atoms with Crippen molar-refractivity contribution in [3.63, 3.8) is 0 Å². The Bertz CT molecular complexity index is 361. The molecule has 0 aliphatic rings. The number of nitrogens with zero attached hydrogens (tertiary/aromatic N) is 1. The molecule has 1 rings (SSSR count). The highest BCUT2D eigenvalue weighted by atomic mass is 16.5. The van der Waals surface area contributed by atoms with Crippen LogP contribution in [-0.2, 0) is 16.0 Å². The first kappa shape index (κ1) is 13.7. The first-order valence-electron chi connectivity index (χ1n) is 6.16. The molecule has 0 aliphatic carbocycles. The predicted molar refractivity (Wildman–Crippen MR) is 67.7 cm³/mol. The van der Waals surface area contributed by atoms with Crippen molar-refractivity contribution in [3.8, 4) is 0 Å². The van der Waals surface area contributed by atoms with Crippen molar-refractivity contribution < 1.29 is 9.53 Å². The Hall–Kier alpha value is -1.38. The zero-order valence-electron chi connectivity index (χ0n) is 10.9. The van der Waals surface area contributed by atoms with Crippen molar-refractivity contribution >= 4 is 5.97 Å². The molecule has 0 unspecified atom stereocenters. The minimum absolute atomic E-state index is 0.0998. The second-order valence-corrected chi connectivity index (χ2v) is 4.69. The summed E-state index contributed by atoms with van der Waals surface area (Å²) in [5.41, 5.74) is 2.09. The Morgan fingerprint density at radius 2 is 2.18 bits per heavy atom. The molecular weight excluding hydrogens is 214 g/mol. The van der Waals surface area contributed by atoms with Gasteiger partial charge in [0.05, 0.1) is 6.61 Å². The van der Waals surface area contributed by atoms with Crippen molar-refractivity contribution in [1.82, 2.24) is 4.98 Å². The van der Waals surface area contributed by atoms with Gasteiger partial charge in [-0.2, -0.15) is 0 Å². The summed E-state index contributed by atoms with van der Waals surface area (Å²) in [6.45, 7) is 6.49. The molecule has 0 amide bonds. The lowest BCUT2D eigenvalue weighted by Crippen LogP contribution is -2.09. The van der Waals surface area contributed by atoms with E-state index in [0.717, 1.165) is 24.2 Å². The third-order valence-electron chi connectivity index (χ3n) is 2.36. The summed E-state index contributed by atoms with van der Waals surface area (Å²) >= 11 is 0. The first-order chi connectivity index (χ1) is 8.08. The van der Waals surface area contributed by atoms with Crippen molar-refractivity contribution in [3.05, 3.63) is 29.6 Å². The minimum Gasteiger partial charge on any atom is -0.466 e. The Morgan fingerprint density at radius 1 is 1.41 bits per heavy atom. The lowest BCUT2D eigenvalue weighted by atomic mass is 10.1. The molecule has 0 saturated heterocycles. The summed E-state index contributed by atoms with van der Waals surface area (Å²) in [7, 11) is 0. The van der Waals surface area contributed by atoms with E-state index in [-0.39, 0.29) is 5.97 Å². The van der Waals surface area contributed by atoms with Gasteiger partial charge in [-0.05, 0) is 37.8 Å². The van der Waals surface area contributed by atoms with E-state index in [1.807, 2.05) is 39.0 Å². The van der Waals surface area contributed by atoms with Crippen LogP contribution in [0, 0.1) is 12.8 Å². The van der Waals surface area contributed by atoms with Gasteiger partial charge in [0.15, 0.2) is 0 Å². The number of ether oxygens (including phenoxy) is 1. The summed E-state index contributed by atoms with van der Waals surface area (Å²) in [4.78, 5) is 15.7. The van der Waals surface area contributed by atoms with Crippen LogP contribution in [0.1, 0.15) is 38.1 Å².